The van der Waals surface area contributed by atoms with Crippen molar-refractivity contribution in [2.75, 3.05) is 6.61 Å². The molecular formula is C17H15FN4O4S. The van der Waals surface area contributed by atoms with Crippen LogP contribution in [0.25, 0.3) is 10.7 Å². The average Bonchev–Trinajstić information content (AvgIpc) is 3.35. The van der Waals surface area contributed by atoms with E-state index in [-0.39, 0.29) is 19.4 Å². The Morgan fingerprint density at radius 3 is 2.67 bits per heavy atom. The Morgan fingerprint density at radius 1 is 1.15 bits per heavy atom. The molecule has 0 atom stereocenters. The van der Waals surface area contributed by atoms with Crippen molar-refractivity contribution in [1.29, 1.82) is 0 Å². The molecule has 0 spiro atoms. The van der Waals surface area contributed by atoms with Gasteiger partial charge in [-0.05, 0) is 35.7 Å². The van der Waals surface area contributed by atoms with Crippen molar-refractivity contribution in [2.45, 2.75) is 12.8 Å². The van der Waals surface area contributed by atoms with E-state index in [1.807, 2.05) is 17.5 Å². The molecule has 3 rings (SSSR count). The van der Waals surface area contributed by atoms with Crippen LogP contribution in [0.4, 0.5) is 4.39 Å². The second-order valence-corrected chi connectivity index (χ2v) is 6.28. The van der Waals surface area contributed by atoms with Crippen molar-refractivity contribution in [1.82, 2.24) is 21.0 Å². The highest BCUT2D eigenvalue weighted by atomic mass is 32.1. The number of nitrogens with zero attached hydrogens (tertiary/aromatic N) is 2. The number of rotatable bonds is 7. The highest BCUT2D eigenvalue weighted by Crippen LogP contribution is 2.21. The van der Waals surface area contributed by atoms with Gasteiger partial charge in [-0.1, -0.05) is 11.2 Å². The number of amides is 2. The first-order valence-corrected chi connectivity index (χ1v) is 8.80. The Morgan fingerprint density at radius 2 is 1.93 bits per heavy atom. The fourth-order valence-corrected chi connectivity index (χ4v) is 2.65. The van der Waals surface area contributed by atoms with E-state index >= 15 is 0 Å². The van der Waals surface area contributed by atoms with Crippen molar-refractivity contribution in [3.8, 4) is 16.5 Å². The Bertz CT molecular complexity index is 896. The van der Waals surface area contributed by atoms with Gasteiger partial charge in [-0.25, -0.2) is 4.39 Å². The van der Waals surface area contributed by atoms with E-state index in [9.17, 15) is 14.0 Å². The molecule has 0 saturated carbocycles. The Kier molecular flexibility index (Phi) is 6.10. The molecule has 10 heteroatoms. The molecule has 2 aromatic heterocycles. The second-order valence-electron chi connectivity index (χ2n) is 5.33. The van der Waals surface area contributed by atoms with Crippen molar-refractivity contribution in [3.63, 3.8) is 0 Å². The number of carbonyl (C=O) groups is 2. The van der Waals surface area contributed by atoms with E-state index in [4.69, 9.17) is 9.26 Å². The van der Waals surface area contributed by atoms with Gasteiger partial charge in [0.15, 0.2) is 6.61 Å². The summed E-state index contributed by atoms with van der Waals surface area (Å²) in [6, 6.07) is 8.99. The summed E-state index contributed by atoms with van der Waals surface area (Å²) < 4.78 is 23.0. The van der Waals surface area contributed by atoms with E-state index in [1.165, 1.54) is 35.6 Å². The SMILES string of the molecule is O=C(CCc1nc(-c2cccs2)no1)NNC(=O)COc1ccc(F)cc1. The van der Waals surface area contributed by atoms with Crippen LogP contribution in [0.5, 0.6) is 5.75 Å². The van der Waals surface area contributed by atoms with Crippen LogP contribution in [0.2, 0.25) is 0 Å². The first-order valence-electron chi connectivity index (χ1n) is 7.92. The average molecular weight is 390 g/mol. The molecule has 27 heavy (non-hydrogen) atoms. The summed E-state index contributed by atoms with van der Waals surface area (Å²) >= 11 is 1.49. The number of benzene rings is 1. The summed E-state index contributed by atoms with van der Waals surface area (Å²) in [5.41, 5.74) is 4.49. The van der Waals surface area contributed by atoms with Crippen LogP contribution in [-0.2, 0) is 16.0 Å². The normalized spacial score (nSPS) is 10.4. The lowest BCUT2D eigenvalue weighted by Gasteiger charge is -2.08. The Balaban J connectivity index is 1.35. The molecule has 2 N–H and O–H groups in total. The molecule has 140 valence electrons. The van der Waals surface area contributed by atoms with Crippen LogP contribution >= 0.6 is 11.3 Å². The first kappa shape index (κ1) is 18.5. The van der Waals surface area contributed by atoms with Gasteiger partial charge >= 0.3 is 0 Å². The molecular weight excluding hydrogens is 375 g/mol. The Labute approximate surface area is 157 Å². The third-order valence-corrected chi connectivity index (χ3v) is 4.17. The summed E-state index contributed by atoms with van der Waals surface area (Å²) in [6.45, 7) is -0.320. The number of thiophene rings is 1. The molecule has 0 fully saturated rings. The van der Waals surface area contributed by atoms with Gasteiger partial charge in [0, 0.05) is 12.8 Å². The third kappa shape index (κ3) is 5.61. The zero-order chi connectivity index (χ0) is 19.1. The summed E-state index contributed by atoms with van der Waals surface area (Å²) in [6.07, 6.45) is 0.303. The predicted octanol–water partition coefficient (Wildman–Crippen LogP) is 2.10. The topological polar surface area (TPSA) is 106 Å². The van der Waals surface area contributed by atoms with E-state index in [0.717, 1.165) is 4.88 Å². The molecule has 0 aliphatic carbocycles. The molecule has 8 nitrogen and oxygen atoms in total. The monoisotopic (exact) mass is 390 g/mol. The van der Waals surface area contributed by atoms with Crippen molar-refractivity contribution >= 4 is 23.2 Å². The maximum absolute atomic E-state index is 12.8. The van der Waals surface area contributed by atoms with Crippen molar-refractivity contribution < 1.29 is 23.2 Å². The summed E-state index contributed by atoms with van der Waals surface area (Å²) in [4.78, 5) is 28.5. The molecule has 2 heterocycles. The number of aromatic nitrogens is 2. The third-order valence-electron chi connectivity index (χ3n) is 3.30. The summed E-state index contributed by atoms with van der Waals surface area (Å²) in [5, 5.41) is 5.76. The lowest BCUT2D eigenvalue weighted by molar-refractivity contribution is -0.130. The number of hydrogen-bond acceptors (Lipinski definition) is 7. The second kappa shape index (κ2) is 8.90. The molecule has 0 aliphatic heterocycles. The minimum absolute atomic E-state index is 0.0607. The van der Waals surface area contributed by atoms with Crippen LogP contribution in [0.3, 0.4) is 0 Å². The van der Waals surface area contributed by atoms with Gasteiger partial charge in [0.1, 0.15) is 11.6 Å². The van der Waals surface area contributed by atoms with Crippen LogP contribution in [0.1, 0.15) is 12.3 Å². The Hall–Kier alpha value is -3.27. The maximum Gasteiger partial charge on any atom is 0.276 e. The largest absolute Gasteiger partial charge is 0.484 e. The number of halogens is 1. The van der Waals surface area contributed by atoms with E-state index < -0.39 is 17.6 Å². The quantitative estimate of drug-likeness (QED) is 0.599. The number of hydrogen-bond donors (Lipinski definition) is 2. The minimum atomic E-state index is -0.551. The van der Waals surface area contributed by atoms with Crippen molar-refractivity contribution in [2.24, 2.45) is 0 Å². The van der Waals surface area contributed by atoms with Gasteiger partial charge in [0.2, 0.25) is 17.6 Å². The van der Waals surface area contributed by atoms with Gasteiger partial charge in [-0.3, -0.25) is 20.4 Å². The molecule has 2 amide bonds. The zero-order valence-corrected chi connectivity index (χ0v) is 14.8. The highest BCUT2D eigenvalue weighted by molar-refractivity contribution is 7.13. The van der Waals surface area contributed by atoms with Gasteiger partial charge < -0.3 is 9.26 Å². The standard InChI is InChI=1S/C17H15FN4O4S/c18-11-3-5-12(6-4-11)25-10-15(24)21-20-14(23)7-8-16-19-17(22-26-16)13-2-1-9-27-13/h1-6,9H,7-8,10H2,(H,20,23)(H,21,24). The minimum Gasteiger partial charge on any atom is -0.484 e. The summed E-state index contributed by atoms with van der Waals surface area (Å²) in [7, 11) is 0. The van der Waals surface area contributed by atoms with E-state index in [1.54, 1.807) is 0 Å². The lowest BCUT2D eigenvalue weighted by Crippen LogP contribution is -2.43. The fraction of sp³-hybridized carbons (Fsp3) is 0.176. The van der Waals surface area contributed by atoms with Gasteiger partial charge in [0.05, 0.1) is 4.88 Å². The first-order chi connectivity index (χ1) is 13.1. The highest BCUT2D eigenvalue weighted by Gasteiger charge is 2.12. The molecule has 1 aromatic carbocycles. The van der Waals surface area contributed by atoms with Crippen LogP contribution < -0.4 is 15.6 Å². The molecule has 3 aromatic rings. The smallest absolute Gasteiger partial charge is 0.276 e. The fourth-order valence-electron chi connectivity index (χ4n) is 2.00. The van der Waals surface area contributed by atoms with E-state index in [2.05, 4.69) is 21.0 Å². The van der Waals surface area contributed by atoms with Crippen LogP contribution in [0.15, 0.2) is 46.3 Å². The number of ether oxygens (including phenoxy) is 1. The molecule has 0 aliphatic rings. The molecule has 0 bridgehead atoms. The van der Waals surface area contributed by atoms with Gasteiger partial charge in [0.25, 0.3) is 5.91 Å². The van der Waals surface area contributed by atoms with Gasteiger partial charge in [-0.2, -0.15) is 4.98 Å². The van der Waals surface area contributed by atoms with Gasteiger partial charge in [-0.15, -0.1) is 11.3 Å². The zero-order valence-electron chi connectivity index (χ0n) is 14.0. The summed E-state index contributed by atoms with van der Waals surface area (Å²) in [5.74, 6) is -0.212. The molecule has 0 unspecified atom stereocenters. The van der Waals surface area contributed by atoms with E-state index in [0.29, 0.717) is 17.5 Å². The number of carbonyl (C=O) groups excluding carboxylic acids is 2. The number of hydrazine groups is 1. The molecule has 0 radical (unpaired) electrons. The lowest BCUT2D eigenvalue weighted by atomic mass is 10.3. The number of nitrogens with one attached hydrogen (secondary N) is 2. The maximum atomic E-state index is 12.8. The molecule has 0 saturated heterocycles. The van der Waals surface area contributed by atoms with Crippen LogP contribution in [-0.4, -0.2) is 28.6 Å². The predicted molar refractivity (Wildman–Crippen MR) is 94.1 cm³/mol. The number of aryl methyl sites for hydroxylation is 1. The van der Waals surface area contributed by atoms with Crippen LogP contribution in [0, 0.1) is 5.82 Å². The van der Waals surface area contributed by atoms with Crippen molar-refractivity contribution in [3.05, 3.63) is 53.5 Å².